The van der Waals surface area contributed by atoms with Gasteiger partial charge < -0.3 is 10.2 Å². The van der Waals surface area contributed by atoms with Crippen molar-refractivity contribution < 1.29 is 9.59 Å². The van der Waals surface area contributed by atoms with Gasteiger partial charge in [-0.1, -0.05) is 24.3 Å². The van der Waals surface area contributed by atoms with E-state index in [1.165, 1.54) is 0 Å². The van der Waals surface area contributed by atoms with E-state index in [0.717, 1.165) is 11.3 Å². The first-order valence-electron chi connectivity index (χ1n) is 7.48. The maximum absolute atomic E-state index is 12.1. The van der Waals surface area contributed by atoms with Crippen LogP contribution in [0.5, 0.6) is 0 Å². The summed E-state index contributed by atoms with van der Waals surface area (Å²) in [5.41, 5.74) is 1.74. The number of aromatic nitrogens is 1. The van der Waals surface area contributed by atoms with Crippen molar-refractivity contribution in [2.45, 2.75) is 19.4 Å². The Labute approximate surface area is 134 Å². The number of carbonyl (C=O) groups is 2. The number of hydrogen-bond acceptors (Lipinski definition) is 3. The average molecular weight is 310 g/mol. The van der Waals surface area contributed by atoms with Crippen molar-refractivity contribution in [3.63, 3.8) is 0 Å². The lowest BCUT2D eigenvalue weighted by Gasteiger charge is -2.17. The number of nitrogens with zero attached hydrogens (tertiary/aromatic N) is 2. The maximum atomic E-state index is 12.1. The lowest BCUT2D eigenvalue weighted by molar-refractivity contribution is -0.117. The van der Waals surface area contributed by atoms with Crippen LogP contribution in [0.3, 0.4) is 0 Å². The summed E-state index contributed by atoms with van der Waals surface area (Å²) >= 11 is 0. The zero-order valence-corrected chi connectivity index (χ0v) is 12.8. The Hall–Kier alpha value is -2.89. The summed E-state index contributed by atoms with van der Waals surface area (Å²) in [6, 6.07) is 12.6. The van der Waals surface area contributed by atoms with Crippen LogP contribution in [0.4, 0.5) is 16.3 Å². The lowest BCUT2D eigenvalue weighted by atomic mass is 10.2. The van der Waals surface area contributed by atoms with E-state index in [0.29, 0.717) is 18.8 Å². The second-order valence-electron chi connectivity index (χ2n) is 5.51. The number of para-hydroxylation sites is 1. The summed E-state index contributed by atoms with van der Waals surface area (Å²) in [4.78, 5) is 30.0. The molecule has 1 saturated heterocycles. The molecule has 0 bridgehead atoms. The Kier molecular flexibility index (Phi) is 4.23. The predicted octanol–water partition coefficient (Wildman–Crippen LogP) is 2.32. The van der Waals surface area contributed by atoms with E-state index >= 15 is 0 Å². The molecule has 0 aliphatic carbocycles. The van der Waals surface area contributed by atoms with Gasteiger partial charge in [-0.2, -0.15) is 0 Å². The molecule has 0 saturated carbocycles. The van der Waals surface area contributed by atoms with Crippen molar-refractivity contribution in [2.75, 3.05) is 16.8 Å². The quantitative estimate of drug-likeness (QED) is 0.913. The SMILES string of the molecule is Cc1cccnc1NC(=O)NC1CC(=O)N(c2ccccc2)C1. The lowest BCUT2D eigenvalue weighted by Crippen LogP contribution is -2.40. The molecule has 6 nitrogen and oxygen atoms in total. The number of carbonyl (C=O) groups excluding carboxylic acids is 2. The van der Waals surface area contributed by atoms with Crippen LogP contribution in [0.1, 0.15) is 12.0 Å². The van der Waals surface area contributed by atoms with E-state index < -0.39 is 0 Å². The first kappa shape index (κ1) is 15.0. The summed E-state index contributed by atoms with van der Waals surface area (Å²) < 4.78 is 0. The van der Waals surface area contributed by atoms with Gasteiger partial charge in [0.2, 0.25) is 5.91 Å². The second-order valence-corrected chi connectivity index (χ2v) is 5.51. The van der Waals surface area contributed by atoms with Gasteiger partial charge in [-0.05, 0) is 30.7 Å². The van der Waals surface area contributed by atoms with Crippen LogP contribution in [-0.2, 0) is 4.79 Å². The smallest absolute Gasteiger partial charge is 0.320 e. The summed E-state index contributed by atoms with van der Waals surface area (Å²) in [7, 11) is 0. The van der Waals surface area contributed by atoms with Crippen molar-refractivity contribution >= 4 is 23.4 Å². The molecule has 1 atom stereocenters. The zero-order chi connectivity index (χ0) is 16.2. The average Bonchev–Trinajstić information content (AvgIpc) is 2.91. The number of aryl methyl sites for hydroxylation is 1. The zero-order valence-electron chi connectivity index (χ0n) is 12.8. The largest absolute Gasteiger partial charge is 0.333 e. The molecule has 3 rings (SSSR count). The van der Waals surface area contributed by atoms with Crippen molar-refractivity contribution in [2.24, 2.45) is 0 Å². The fourth-order valence-electron chi connectivity index (χ4n) is 2.61. The first-order valence-corrected chi connectivity index (χ1v) is 7.48. The summed E-state index contributed by atoms with van der Waals surface area (Å²) in [5.74, 6) is 0.532. The van der Waals surface area contributed by atoms with Gasteiger partial charge in [0.25, 0.3) is 0 Å². The molecule has 2 heterocycles. The van der Waals surface area contributed by atoms with Gasteiger partial charge in [0.1, 0.15) is 5.82 Å². The van der Waals surface area contributed by atoms with Crippen LogP contribution >= 0.6 is 0 Å². The van der Waals surface area contributed by atoms with E-state index in [1.54, 1.807) is 11.1 Å². The van der Waals surface area contributed by atoms with E-state index in [4.69, 9.17) is 0 Å². The third kappa shape index (κ3) is 3.48. The molecule has 6 heteroatoms. The minimum Gasteiger partial charge on any atom is -0.333 e. The molecule has 3 amide bonds. The van der Waals surface area contributed by atoms with Crippen LogP contribution in [0.2, 0.25) is 0 Å². The first-order chi connectivity index (χ1) is 11.1. The Balaban J connectivity index is 1.60. The Bertz CT molecular complexity index is 718. The molecule has 1 fully saturated rings. The number of rotatable bonds is 3. The molecule has 23 heavy (non-hydrogen) atoms. The Morgan fingerprint density at radius 1 is 1.22 bits per heavy atom. The number of pyridine rings is 1. The van der Waals surface area contributed by atoms with Crippen molar-refractivity contribution in [3.05, 3.63) is 54.2 Å². The normalized spacial score (nSPS) is 17.2. The second kappa shape index (κ2) is 6.48. The highest BCUT2D eigenvalue weighted by Gasteiger charge is 2.31. The van der Waals surface area contributed by atoms with E-state index in [-0.39, 0.29) is 18.0 Å². The Morgan fingerprint density at radius 3 is 2.74 bits per heavy atom. The van der Waals surface area contributed by atoms with Gasteiger partial charge in [-0.15, -0.1) is 0 Å². The molecule has 1 unspecified atom stereocenters. The molecule has 2 N–H and O–H groups in total. The van der Waals surface area contributed by atoms with Gasteiger partial charge in [0.15, 0.2) is 0 Å². The van der Waals surface area contributed by atoms with Crippen molar-refractivity contribution in [1.82, 2.24) is 10.3 Å². The van der Waals surface area contributed by atoms with E-state index in [9.17, 15) is 9.59 Å². The molecule has 2 aromatic rings. The number of hydrogen-bond donors (Lipinski definition) is 2. The molecule has 1 aromatic heterocycles. The molecule has 0 radical (unpaired) electrons. The van der Waals surface area contributed by atoms with Crippen molar-refractivity contribution in [3.8, 4) is 0 Å². The molecular formula is C17H18N4O2. The predicted molar refractivity (Wildman–Crippen MR) is 88.3 cm³/mol. The highest BCUT2D eigenvalue weighted by Crippen LogP contribution is 2.21. The molecule has 1 aliphatic rings. The van der Waals surface area contributed by atoms with E-state index in [1.807, 2.05) is 49.4 Å². The van der Waals surface area contributed by atoms with Gasteiger partial charge in [0, 0.05) is 24.8 Å². The van der Waals surface area contributed by atoms with Gasteiger partial charge in [-0.25, -0.2) is 9.78 Å². The highest BCUT2D eigenvalue weighted by molar-refractivity contribution is 5.97. The fourth-order valence-corrected chi connectivity index (χ4v) is 2.61. The third-order valence-electron chi connectivity index (χ3n) is 3.77. The number of nitrogens with one attached hydrogen (secondary N) is 2. The Morgan fingerprint density at radius 2 is 2.00 bits per heavy atom. The molecular weight excluding hydrogens is 292 g/mol. The van der Waals surface area contributed by atoms with Crippen LogP contribution < -0.4 is 15.5 Å². The number of amides is 3. The third-order valence-corrected chi connectivity index (χ3v) is 3.77. The van der Waals surface area contributed by atoms with E-state index in [2.05, 4.69) is 15.6 Å². The maximum Gasteiger partial charge on any atom is 0.320 e. The number of urea groups is 1. The fraction of sp³-hybridized carbons (Fsp3) is 0.235. The summed E-state index contributed by atoms with van der Waals surface area (Å²) in [5, 5.41) is 5.55. The monoisotopic (exact) mass is 310 g/mol. The topological polar surface area (TPSA) is 74.3 Å². The molecule has 118 valence electrons. The van der Waals surface area contributed by atoms with Gasteiger partial charge >= 0.3 is 6.03 Å². The van der Waals surface area contributed by atoms with Gasteiger partial charge in [-0.3, -0.25) is 10.1 Å². The van der Waals surface area contributed by atoms with Crippen LogP contribution in [-0.4, -0.2) is 29.5 Å². The highest BCUT2D eigenvalue weighted by atomic mass is 16.2. The minimum absolute atomic E-state index is 0.00974. The van der Waals surface area contributed by atoms with Crippen LogP contribution in [0.25, 0.3) is 0 Å². The van der Waals surface area contributed by atoms with Crippen molar-refractivity contribution in [1.29, 1.82) is 0 Å². The standard InChI is InChI=1S/C17H18N4O2/c1-12-6-5-9-18-16(12)20-17(23)19-13-10-15(22)21(11-13)14-7-3-2-4-8-14/h2-9,13H,10-11H2,1H3,(H2,18,19,20,23). The van der Waals surface area contributed by atoms with Crippen LogP contribution in [0, 0.1) is 6.92 Å². The van der Waals surface area contributed by atoms with Gasteiger partial charge in [0.05, 0.1) is 6.04 Å². The number of benzene rings is 1. The summed E-state index contributed by atoms with van der Waals surface area (Å²) in [6.07, 6.45) is 1.92. The summed E-state index contributed by atoms with van der Waals surface area (Å²) in [6.45, 7) is 2.34. The number of anilines is 2. The van der Waals surface area contributed by atoms with Crippen LogP contribution in [0.15, 0.2) is 48.7 Å². The molecule has 1 aliphatic heterocycles. The minimum atomic E-state index is -0.348. The molecule has 0 spiro atoms. The molecule has 1 aromatic carbocycles.